The zero-order valence-corrected chi connectivity index (χ0v) is 15.0. The first-order chi connectivity index (χ1) is 13.0. The van der Waals surface area contributed by atoms with E-state index in [-0.39, 0.29) is 16.2 Å². The Kier molecular flexibility index (Phi) is 3.94. The standard InChI is InChI=1S/C20H13ClN4O2/c1-24-15-10-6-5-9-14(15)23-18(24)13(11-22)16-17(21)20(27)25(19(16)26)12-7-3-2-4-8-12/h2-10,23H,1H3/b18-13+. The molecule has 2 aromatic carbocycles. The van der Waals surface area contributed by atoms with Gasteiger partial charge in [0.25, 0.3) is 11.8 Å². The van der Waals surface area contributed by atoms with Crippen molar-refractivity contribution < 1.29 is 9.59 Å². The Morgan fingerprint density at radius 1 is 1.04 bits per heavy atom. The molecule has 1 N–H and O–H groups in total. The normalized spacial score (nSPS) is 17.8. The highest BCUT2D eigenvalue weighted by Crippen LogP contribution is 2.40. The average molecular weight is 377 g/mol. The Balaban J connectivity index is 1.82. The van der Waals surface area contributed by atoms with E-state index in [9.17, 15) is 14.9 Å². The highest BCUT2D eigenvalue weighted by atomic mass is 35.5. The molecular formula is C20H13ClN4O2. The third kappa shape index (κ3) is 2.48. The molecule has 0 unspecified atom stereocenters. The Morgan fingerprint density at radius 3 is 2.37 bits per heavy atom. The molecule has 0 aromatic heterocycles. The number of benzene rings is 2. The van der Waals surface area contributed by atoms with Crippen LogP contribution in [-0.4, -0.2) is 18.9 Å². The number of nitrogens with one attached hydrogen (secondary N) is 1. The molecule has 6 nitrogen and oxygen atoms in total. The van der Waals surface area contributed by atoms with Crippen molar-refractivity contribution in [3.63, 3.8) is 0 Å². The van der Waals surface area contributed by atoms with E-state index in [1.807, 2.05) is 30.3 Å². The predicted molar refractivity (Wildman–Crippen MR) is 103 cm³/mol. The molecule has 2 aromatic rings. The first kappa shape index (κ1) is 16.9. The fourth-order valence-electron chi connectivity index (χ4n) is 3.19. The van der Waals surface area contributed by atoms with E-state index in [1.54, 1.807) is 42.3 Å². The van der Waals surface area contributed by atoms with Gasteiger partial charge in [0.15, 0.2) is 0 Å². The van der Waals surface area contributed by atoms with E-state index >= 15 is 0 Å². The highest BCUT2D eigenvalue weighted by molar-refractivity contribution is 6.53. The van der Waals surface area contributed by atoms with Crippen molar-refractivity contribution in [1.82, 2.24) is 0 Å². The van der Waals surface area contributed by atoms with Gasteiger partial charge < -0.3 is 10.2 Å². The molecular weight excluding hydrogens is 364 g/mol. The second-order valence-corrected chi connectivity index (χ2v) is 6.38. The van der Waals surface area contributed by atoms with Crippen LogP contribution in [0.15, 0.2) is 76.6 Å². The highest BCUT2D eigenvalue weighted by Gasteiger charge is 2.42. The third-order valence-electron chi connectivity index (χ3n) is 4.49. The van der Waals surface area contributed by atoms with Gasteiger partial charge in [0.05, 0.1) is 22.6 Å². The minimum atomic E-state index is -0.644. The smallest absolute Gasteiger partial charge is 0.277 e. The maximum absolute atomic E-state index is 13.0. The summed E-state index contributed by atoms with van der Waals surface area (Å²) in [5, 5.41) is 12.6. The summed E-state index contributed by atoms with van der Waals surface area (Å²) in [6.45, 7) is 0. The molecule has 0 atom stereocenters. The Morgan fingerprint density at radius 2 is 1.70 bits per heavy atom. The molecule has 0 saturated carbocycles. The number of amides is 2. The Bertz CT molecular complexity index is 1080. The molecule has 0 radical (unpaired) electrons. The minimum absolute atomic E-state index is 0.0236. The van der Waals surface area contributed by atoms with Gasteiger partial charge >= 0.3 is 0 Å². The monoisotopic (exact) mass is 376 g/mol. The largest absolute Gasteiger partial charge is 0.339 e. The van der Waals surface area contributed by atoms with Crippen molar-refractivity contribution in [2.24, 2.45) is 0 Å². The molecule has 0 fully saturated rings. The summed E-state index contributed by atoms with van der Waals surface area (Å²) in [4.78, 5) is 28.3. The molecule has 4 rings (SSSR count). The number of carbonyl (C=O) groups excluding carboxylic acids is 2. The summed E-state index contributed by atoms with van der Waals surface area (Å²) in [7, 11) is 1.77. The van der Waals surface area contributed by atoms with Gasteiger partial charge in [0.1, 0.15) is 22.5 Å². The van der Waals surface area contributed by atoms with E-state index in [0.717, 1.165) is 16.3 Å². The number of nitrogens with zero attached hydrogens (tertiary/aromatic N) is 3. The van der Waals surface area contributed by atoms with Crippen LogP contribution in [-0.2, 0) is 9.59 Å². The molecule has 2 amide bonds. The molecule has 0 spiro atoms. The van der Waals surface area contributed by atoms with Crippen molar-refractivity contribution in [2.75, 3.05) is 22.2 Å². The SMILES string of the molecule is CN1/C(=C(\C#N)C2=C(Cl)C(=O)N(c3ccccc3)C2=O)Nc2ccccc21. The fraction of sp³-hybridized carbons (Fsp3) is 0.0500. The summed E-state index contributed by atoms with van der Waals surface area (Å²) >= 11 is 6.22. The molecule has 2 aliphatic heterocycles. The van der Waals surface area contributed by atoms with Crippen LogP contribution in [0.4, 0.5) is 17.1 Å². The maximum atomic E-state index is 13.0. The van der Waals surface area contributed by atoms with Crippen LogP contribution in [0.25, 0.3) is 0 Å². The van der Waals surface area contributed by atoms with Gasteiger partial charge in [-0.15, -0.1) is 0 Å². The molecule has 132 valence electrons. The van der Waals surface area contributed by atoms with Crippen LogP contribution < -0.4 is 15.1 Å². The van der Waals surface area contributed by atoms with Crippen LogP contribution in [0.3, 0.4) is 0 Å². The first-order valence-electron chi connectivity index (χ1n) is 8.12. The Hall–Kier alpha value is -3.56. The number of fused-ring (bicyclic) bond motifs is 1. The third-order valence-corrected chi connectivity index (χ3v) is 4.84. The lowest BCUT2D eigenvalue weighted by Crippen LogP contribution is -2.31. The maximum Gasteiger partial charge on any atom is 0.277 e. The van der Waals surface area contributed by atoms with Crippen molar-refractivity contribution >= 4 is 40.5 Å². The van der Waals surface area contributed by atoms with E-state index in [2.05, 4.69) is 5.32 Å². The van der Waals surface area contributed by atoms with E-state index in [0.29, 0.717) is 11.5 Å². The lowest BCUT2D eigenvalue weighted by Gasteiger charge is -2.17. The van der Waals surface area contributed by atoms with Crippen molar-refractivity contribution in [2.45, 2.75) is 0 Å². The van der Waals surface area contributed by atoms with Gasteiger partial charge in [-0.2, -0.15) is 5.26 Å². The molecule has 0 bridgehead atoms. The summed E-state index contributed by atoms with van der Waals surface area (Å²) in [6.07, 6.45) is 0. The van der Waals surface area contributed by atoms with Gasteiger partial charge in [0.2, 0.25) is 0 Å². The second kappa shape index (κ2) is 6.31. The first-order valence-corrected chi connectivity index (χ1v) is 8.50. The van der Waals surface area contributed by atoms with Gasteiger partial charge in [0, 0.05) is 7.05 Å². The molecule has 7 heteroatoms. The number of anilines is 3. The quantitative estimate of drug-likeness (QED) is 0.642. The summed E-state index contributed by atoms with van der Waals surface area (Å²) in [6, 6.07) is 18.0. The number of halogens is 1. The molecule has 27 heavy (non-hydrogen) atoms. The Labute approximate surface area is 160 Å². The number of rotatable bonds is 2. The zero-order chi connectivity index (χ0) is 19.1. The van der Waals surface area contributed by atoms with E-state index < -0.39 is 11.8 Å². The topological polar surface area (TPSA) is 76.4 Å². The lowest BCUT2D eigenvalue weighted by atomic mass is 10.1. The molecule has 2 heterocycles. The lowest BCUT2D eigenvalue weighted by molar-refractivity contribution is -0.120. The predicted octanol–water partition coefficient (Wildman–Crippen LogP) is 3.35. The van der Waals surface area contributed by atoms with Crippen LogP contribution in [0, 0.1) is 11.3 Å². The van der Waals surface area contributed by atoms with Crippen LogP contribution in [0.5, 0.6) is 0 Å². The van der Waals surface area contributed by atoms with Crippen LogP contribution in [0.1, 0.15) is 0 Å². The van der Waals surface area contributed by atoms with Gasteiger partial charge in [-0.1, -0.05) is 41.9 Å². The van der Waals surface area contributed by atoms with Gasteiger partial charge in [-0.3, -0.25) is 9.59 Å². The zero-order valence-electron chi connectivity index (χ0n) is 14.2. The van der Waals surface area contributed by atoms with Gasteiger partial charge in [-0.25, -0.2) is 4.90 Å². The average Bonchev–Trinajstić information content (AvgIpc) is 3.13. The van der Waals surface area contributed by atoms with Crippen molar-refractivity contribution in [1.29, 1.82) is 5.26 Å². The number of hydrogen-bond donors (Lipinski definition) is 1. The van der Waals surface area contributed by atoms with Crippen LogP contribution >= 0.6 is 11.6 Å². The summed E-state index contributed by atoms with van der Waals surface area (Å²) in [5.74, 6) is -0.858. The molecule has 2 aliphatic rings. The number of para-hydroxylation sites is 3. The van der Waals surface area contributed by atoms with E-state index in [4.69, 9.17) is 11.6 Å². The summed E-state index contributed by atoms with van der Waals surface area (Å²) in [5.41, 5.74) is 1.98. The van der Waals surface area contributed by atoms with Crippen molar-refractivity contribution in [3.8, 4) is 6.07 Å². The van der Waals surface area contributed by atoms with Crippen LogP contribution in [0.2, 0.25) is 0 Å². The van der Waals surface area contributed by atoms with Crippen molar-refractivity contribution in [3.05, 3.63) is 76.6 Å². The second-order valence-electron chi connectivity index (χ2n) is 6.01. The number of imide groups is 1. The number of hydrogen-bond acceptors (Lipinski definition) is 5. The summed E-state index contributed by atoms with van der Waals surface area (Å²) < 4.78 is 0. The minimum Gasteiger partial charge on any atom is -0.339 e. The fourth-order valence-corrected chi connectivity index (χ4v) is 3.45. The van der Waals surface area contributed by atoms with E-state index in [1.165, 1.54) is 0 Å². The number of carbonyl (C=O) groups is 2. The van der Waals surface area contributed by atoms with Gasteiger partial charge in [-0.05, 0) is 24.3 Å². The number of nitriles is 1. The molecule has 0 saturated heterocycles. The molecule has 0 aliphatic carbocycles.